The third-order valence-electron chi connectivity index (χ3n) is 4.07. The van der Waals surface area contributed by atoms with E-state index in [1.54, 1.807) is 12.2 Å². The van der Waals surface area contributed by atoms with E-state index in [1.165, 1.54) is 0 Å². The first kappa shape index (κ1) is 14.1. The van der Waals surface area contributed by atoms with Gasteiger partial charge in [-0.15, -0.1) is 6.58 Å². The number of ether oxygens (including phenoxy) is 1. The lowest BCUT2D eigenvalue weighted by Crippen LogP contribution is -2.40. The fourth-order valence-corrected chi connectivity index (χ4v) is 3.06. The molecule has 2 aliphatic rings. The van der Waals surface area contributed by atoms with Crippen molar-refractivity contribution in [2.45, 2.75) is 63.8 Å². The van der Waals surface area contributed by atoms with Crippen molar-refractivity contribution in [1.82, 2.24) is 4.90 Å². The van der Waals surface area contributed by atoms with Gasteiger partial charge in [0.25, 0.3) is 0 Å². The van der Waals surface area contributed by atoms with Crippen LogP contribution in [0.1, 0.15) is 39.5 Å². The molecule has 0 radical (unpaired) electrons. The van der Waals surface area contributed by atoms with Crippen LogP contribution in [-0.4, -0.2) is 40.3 Å². The summed E-state index contributed by atoms with van der Waals surface area (Å²) in [4.78, 5) is 13.8. The number of aliphatic hydroxyl groups excluding tert-OH is 1. The van der Waals surface area contributed by atoms with E-state index in [1.807, 2.05) is 0 Å². The van der Waals surface area contributed by atoms with Gasteiger partial charge in [-0.05, 0) is 39.5 Å². The average molecular weight is 265 g/mol. The minimum atomic E-state index is -0.657. The second kappa shape index (κ2) is 5.78. The summed E-state index contributed by atoms with van der Waals surface area (Å²) in [6.07, 6.45) is 5.64. The lowest BCUT2D eigenvalue weighted by molar-refractivity contribution is -0.143. The van der Waals surface area contributed by atoms with E-state index in [4.69, 9.17) is 4.74 Å². The lowest BCUT2D eigenvalue weighted by Gasteiger charge is -2.33. The Kier molecular flexibility index (Phi) is 4.30. The number of hydrogen-bond donors (Lipinski definition) is 1. The third kappa shape index (κ3) is 2.84. The molecule has 0 saturated carbocycles. The molecule has 106 valence electrons. The predicted molar refractivity (Wildman–Crippen MR) is 73.4 cm³/mol. The highest BCUT2D eigenvalue weighted by Gasteiger charge is 2.40. The van der Waals surface area contributed by atoms with E-state index in [9.17, 15) is 9.90 Å². The molecule has 2 rings (SSSR count). The zero-order chi connectivity index (χ0) is 14.0. The first-order valence-corrected chi connectivity index (χ1v) is 7.04. The molecule has 0 amide bonds. The molecule has 1 N–H and O–H groups in total. The van der Waals surface area contributed by atoms with Crippen LogP contribution in [0.2, 0.25) is 0 Å². The number of likely N-dealkylation sites (tertiary alicyclic amines) is 1. The van der Waals surface area contributed by atoms with Gasteiger partial charge in [-0.1, -0.05) is 6.08 Å². The van der Waals surface area contributed by atoms with Crippen molar-refractivity contribution in [2.24, 2.45) is 0 Å². The summed E-state index contributed by atoms with van der Waals surface area (Å²) in [5, 5.41) is 10.2. The van der Waals surface area contributed by atoms with E-state index in [2.05, 4.69) is 25.3 Å². The molecule has 0 spiro atoms. The molecule has 0 aliphatic carbocycles. The van der Waals surface area contributed by atoms with Gasteiger partial charge in [0.2, 0.25) is 0 Å². The molecule has 0 aromatic heterocycles. The van der Waals surface area contributed by atoms with Gasteiger partial charge in [-0.25, -0.2) is 4.79 Å². The minimum Gasteiger partial charge on any atom is -0.450 e. The number of esters is 1. The third-order valence-corrected chi connectivity index (χ3v) is 4.07. The summed E-state index contributed by atoms with van der Waals surface area (Å²) >= 11 is 0. The molecular formula is C15H23NO3. The number of carbonyl (C=O) groups excluding carboxylic acids is 1. The van der Waals surface area contributed by atoms with Gasteiger partial charge in [0, 0.05) is 18.2 Å². The van der Waals surface area contributed by atoms with Crippen LogP contribution in [0, 0.1) is 0 Å². The number of hydrogen-bond acceptors (Lipinski definition) is 4. The summed E-state index contributed by atoms with van der Waals surface area (Å²) in [5.41, 5.74) is 0.846. The fraction of sp³-hybridized carbons (Fsp3) is 0.667. The Balaban J connectivity index is 2.14. The van der Waals surface area contributed by atoms with Crippen molar-refractivity contribution in [3.63, 3.8) is 0 Å². The van der Waals surface area contributed by atoms with Crippen LogP contribution in [-0.2, 0) is 9.53 Å². The Morgan fingerprint density at radius 3 is 2.74 bits per heavy atom. The number of cyclic esters (lactones) is 1. The first-order chi connectivity index (χ1) is 9.04. The van der Waals surface area contributed by atoms with Crippen LogP contribution < -0.4 is 0 Å². The number of rotatable bonds is 5. The Morgan fingerprint density at radius 2 is 2.16 bits per heavy atom. The van der Waals surface area contributed by atoms with Crippen LogP contribution in [0.3, 0.4) is 0 Å². The molecule has 0 bridgehead atoms. The van der Waals surface area contributed by atoms with Crippen LogP contribution in [0.15, 0.2) is 24.4 Å². The average Bonchev–Trinajstić information content (AvgIpc) is 2.89. The maximum absolute atomic E-state index is 11.6. The van der Waals surface area contributed by atoms with Crippen LogP contribution in [0.5, 0.6) is 0 Å². The SMILES string of the molecule is C=CCC[C@@H](O)[C@@H]1OC(=O)C=C1N1[C@H](C)CC[C@H]1C. The zero-order valence-corrected chi connectivity index (χ0v) is 11.7. The van der Waals surface area contributed by atoms with Crippen molar-refractivity contribution < 1.29 is 14.6 Å². The van der Waals surface area contributed by atoms with Crippen molar-refractivity contribution in [1.29, 1.82) is 0 Å². The summed E-state index contributed by atoms with van der Waals surface area (Å²) in [6, 6.07) is 0.787. The molecule has 0 unspecified atom stereocenters. The number of carbonyl (C=O) groups is 1. The van der Waals surface area contributed by atoms with Gasteiger partial charge in [0.1, 0.15) is 0 Å². The van der Waals surface area contributed by atoms with Crippen LogP contribution in [0.4, 0.5) is 0 Å². The highest BCUT2D eigenvalue weighted by molar-refractivity contribution is 5.85. The summed E-state index contributed by atoms with van der Waals surface area (Å²) < 4.78 is 5.28. The second-order valence-electron chi connectivity index (χ2n) is 5.54. The van der Waals surface area contributed by atoms with Gasteiger partial charge in [-0.3, -0.25) is 0 Å². The number of nitrogens with zero attached hydrogens (tertiary/aromatic N) is 1. The van der Waals surface area contributed by atoms with Crippen molar-refractivity contribution >= 4 is 5.97 Å². The van der Waals surface area contributed by atoms with Crippen molar-refractivity contribution in [2.75, 3.05) is 0 Å². The molecule has 1 saturated heterocycles. The highest BCUT2D eigenvalue weighted by atomic mass is 16.6. The monoisotopic (exact) mass is 265 g/mol. The maximum Gasteiger partial charge on any atom is 0.333 e. The predicted octanol–water partition coefficient (Wildman–Crippen LogP) is 2.00. The van der Waals surface area contributed by atoms with E-state index < -0.39 is 12.2 Å². The summed E-state index contributed by atoms with van der Waals surface area (Å²) in [6.45, 7) is 7.96. The quantitative estimate of drug-likeness (QED) is 0.610. The Bertz CT molecular complexity index is 381. The van der Waals surface area contributed by atoms with E-state index in [0.29, 0.717) is 24.9 Å². The molecule has 4 atom stereocenters. The topological polar surface area (TPSA) is 49.8 Å². The zero-order valence-electron chi connectivity index (χ0n) is 11.7. The lowest BCUT2D eigenvalue weighted by atomic mass is 10.0. The summed E-state index contributed by atoms with van der Waals surface area (Å²) in [7, 11) is 0. The largest absolute Gasteiger partial charge is 0.450 e. The van der Waals surface area contributed by atoms with Gasteiger partial charge in [-0.2, -0.15) is 0 Å². The molecule has 19 heavy (non-hydrogen) atoms. The Hall–Kier alpha value is -1.29. The first-order valence-electron chi connectivity index (χ1n) is 7.04. The molecule has 2 heterocycles. The number of aliphatic hydroxyl groups is 1. The normalized spacial score (nSPS) is 32.2. The standard InChI is InChI=1S/C15H23NO3/c1-4-5-6-13(17)15-12(9-14(18)19-15)16-10(2)7-8-11(16)3/h4,9-11,13,15,17H,1,5-8H2,2-3H3/t10-,11-,13-,15-/m1/s1. The minimum absolute atomic E-state index is 0.344. The van der Waals surface area contributed by atoms with Gasteiger partial charge in [0.15, 0.2) is 6.10 Å². The van der Waals surface area contributed by atoms with E-state index in [0.717, 1.165) is 18.5 Å². The number of allylic oxidation sites excluding steroid dienone is 1. The van der Waals surface area contributed by atoms with E-state index in [-0.39, 0.29) is 5.97 Å². The van der Waals surface area contributed by atoms with E-state index >= 15 is 0 Å². The van der Waals surface area contributed by atoms with Crippen LogP contribution >= 0.6 is 0 Å². The molecule has 4 heteroatoms. The molecule has 4 nitrogen and oxygen atoms in total. The molecule has 0 aromatic rings. The highest BCUT2D eigenvalue weighted by Crippen LogP contribution is 2.34. The van der Waals surface area contributed by atoms with Crippen LogP contribution in [0.25, 0.3) is 0 Å². The molecule has 0 aromatic carbocycles. The molecule has 2 aliphatic heterocycles. The fourth-order valence-electron chi connectivity index (χ4n) is 3.06. The van der Waals surface area contributed by atoms with Gasteiger partial charge in [0.05, 0.1) is 11.8 Å². The van der Waals surface area contributed by atoms with Gasteiger partial charge < -0.3 is 14.7 Å². The Labute approximate surface area is 114 Å². The Morgan fingerprint density at radius 1 is 1.53 bits per heavy atom. The van der Waals surface area contributed by atoms with Gasteiger partial charge >= 0.3 is 5.97 Å². The molecular weight excluding hydrogens is 242 g/mol. The second-order valence-corrected chi connectivity index (χ2v) is 5.54. The van der Waals surface area contributed by atoms with Crippen molar-refractivity contribution in [3.05, 3.63) is 24.4 Å². The smallest absolute Gasteiger partial charge is 0.333 e. The van der Waals surface area contributed by atoms with Crippen molar-refractivity contribution in [3.8, 4) is 0 Å². The molecule has 1 fully saturated rings. The summed E-state index contributed by atoms with van der Waals surface area (Å²) in [5.74, 6) is -0.344. The maximum atomic E-state index is 11.6.